The lowest BCUT2D eigenvalue weighted by atomic mass is 10.4. The number of halogens is 2. The normalized spacial score (nSPS) is 11.6. The second-order valence-electron chi connectivity index (χ2n) is 4.76. The highest BCUT2D eigenvalue weighted by molar-refractivity contribution is 7.89. The number of aromatic nitrogens is 4. The zero-order chi connectivity index (χ0) is 17.2. The van der Waals surface area contributed by atoms with Gasteiger partial charge >= 0.3 is 0 Å². The molecule has 0 fully saturated rings. The van der Waals surface area contributed by atoms with Gasteiger partial charge in [0.05, 0.1) is 29.1 Å². The molecule has 0 aliphatic heterocycles. The minimum atomic E-state index is -3.82. The van der Waals surface area contributed by atoms with E-state index < -0.39 is 10.0 Å². The van der Waals surface area contributed by atoms with E-state index in [1.165, 1.54) is 22.9 Å². The van der Waals surface area contributed by atoms with Gasteiger partial charge in [0.1, 0.15) is 4.90 Å². The highest BCUT2D eigenvalue weighted by Crippen LogP contribution is 2.24. The van der Waals surface area contributed by atoms with E-state index in [4.69, 9.17) is 23.2 Å². The van der Waals surface area contributed by atoms with Crippen molar-refractivity contribution in [2.45, 2.75) is 11.4 Å². The molecule has 0 aliphatic rings. The van der Waals surface area contributed by atoms with Gasteiger partial charge in [-0.15, -0.1) is 5.10 Å². The number of pyridine rings is 1. The summed E-state index contributed by atoms with van der Waals surface area (Å²) in [6.45, 7) is -0.0315. The van der Waals surface area contributed by atoms with Crippen molar-refractivity contribution >= 4 is 33.2 Å². The van der Waals surface area contributed by atoms with E-state index in [9.17, 15) is 8.42 Å². The van der Waals surface area contributed by atoms with Crippen LogP contribution in [0.5, 0.6) is 0 Å². The van der Waals surface area contributed by atoms with Crippen molar-refractivity contribution in [3.63, 3.8) is 0 Å². The quantitative estimate of drug-likeness (QED) is 0.730. The molecule has 7 nitrogen and oxygen atoms in total. The maximum Gasteiger partial charge on any atom is 0.242 e. The Kier molecular flexibility index (Phi) is 4.81. The molecule has 0 saturated carbocycles. The number of benzene rings is 1. The molecule has 0 unspecified atom stereocenters. The lowest BCUT2D eigenvalue weighted by molar-refractivity contribution is 0.580. The molecule has 0 spiro atoms. The molecule has 0 amide bonds. The highest BCUT2D eigenvalue weighted by Gasteiger charge is 2.18. The first-order valence-electron chi connectivity index (χ1n) is 6.72. The van der Waals surface area contributed by atoms with E-state index in [0.717, 1.165) is 5.69 Å². The van der Waals surface area contributed by atoms with E-state index in [0.29, 0.717) is 5.69 Å². The van der Waals surface area contributed by atoms with Crippen molar-refractivity contribution in [1.82, 2.24) is 24.7 Å². The van der Waals surface area contributed by atoms with Crippen LogP contribution in [0.3, 0.4) is 0 Å². The molecule has 0 bridgehead atoms. The molecule has 0 aliphatic carbocycles. The summed E-state index contributed by atoms with van der Waals surface area (Å²) in [7, 11) is -3.82. The van der Waals surface area contributed by atoms with Crippen LogP contribution >= 0.6 is 23.2 Å². The summed E-state index contributed by atoms with van der Waals surface area (Å²) in [6, 6.07) is 7.75. The molecule has 10 heteroatoms. The molecule has 1 N–H and O–H groups in total. The van der Waals surface area contributed by atoms with Crippen LogP contribution < -0.4 is 4.72 Å². The third kappa shape index (κ3) is 3.73. The van der Waals surface area contributed by atoms with E-state index in [1.54, 1.807) is 30.7 Å². The van der Waals surface area contributed by atoms with Crippen molar-refractivity contribution in [3.05, 3.63) is 64.7 Å². The summed E-state index contributed by atoms with van der Waals surface area (Å²) in [4.78, 5) is 3.83. The fraction of sp³-hybridized carbons (Fsp3) is 0.0714. The minimum Gasteiger partial charge on any atom is -0.265 e. The molecule has 0 atom stereocenters. The van der Waals surface area contributed by atoms with Crippen LogP contribution in [0.1, 0.15) is 5.69 Å². The van der Waals surface area contributed by atoms with Crippen LogP contribution in [0.4, 0.5) is 0 Å². The topological polar surface area (TPSA) is 89.8 Å². The summed E-state index contributed by atoms with van der Waals surface area (Å²) in [5, 5.41) is 8.26. The maximum atomic E-state index is 12.3. The predicted octanol–water partition coefficient (Wildman–Crippen LogP) is 2.45. The lowest BCUT2D eigenvalue weighted by Crippen LogP contribution is -2.23. The predicted molar refractivity (Wildman–Crippen MR) is 89.6 cm³/mol. The second kappa shape index (κ2) is 6.86. The van der Waals surface area contributed by atoms with Crippen LogP contribution in [-0.2, 0) is 16.6 Å². The molecule has 0 saturated heterocycles. The molecule has 124 valence electrons. The van der Waals surface area contributed by atoms with Crippen LogP contribution in [0, 0.1) is 0 Å². The Morgan fingerprint density at radius 3 is 2.62 bits per heavy atom. The maximum absolute atomic E-state index is 12.3. The van der Waals surface area contributed by atoms with Gasteiger partial charge in [0.25, 0.3) is 0 Å². The number of nitrogens with one attached hydrogen (secondary N) is 1. The van der Waals surface area contributed by atoms with Gasteiger partial charge in [-0.05, 0) is 30.3 Å². The van der Waals surface area contributed by atoms with Crippen molar-refractivity contribution in [2.24, 2.45) is 0 Å². The van der Waals surface area contributed by atoms with E-state index in [1.807, 2.05) is 0 Å². The summed E-state index contributed by atoms with van der Waals surface area (Å²) in [5.41, 5.74) is 1.22. The van der Waals surface area contributed by atoms with E-state index in [2.05, 4.69) is 20.0 Å². The Balaban J connectivity index is 1.76. The van der Waals surface area contributed by atoms with Gasteiger partial charge < -0.3 is 0 Å². The number of hydrogen-bond donors (Lipinski definition) is 1. The van der Waals surface area contributed by atoms with Crippen molar-refractivity contribution in [1.29, 1.82) is 0 Å². The van der Waals surface area contributed by atoms with E-state index >= 15 is 0 Å². The molecular formula is C14H11Cl2N5O2S. The molecule has 3 rings (SSSR count). The molecular weight excluding hydrogens is 373 g/mol. The number of sulfonamides is 1. The largest absolute Gasteiger partial charge is 0.265 e. The fourth-order valence-electron chi connectivity index (χ4n) is 1.93. The zero-order valence-corrected chi connectivity index (χ0v) is 14.4. The monoisotopic (exact) mass is 383 g/mol. The first-order chi connectivity index (χ1) is 11.5. The van der Waals surface area contributed by atoms with Crippen molar-refractivity contribution in [3.8, 4) is 5.69 Å². The standard InChI is InChI=1S/C14H11Cl2N5O2S/c15-10-1-2-13(16)14(7-10)24(22,23)18-8-11-9-21(20-19-11)12-3-5-17-6-4-12/h1-7,9,18H,8H2. The van der Waals surface area contributed by atoms with E-state index in [-0.39, 0.29) is 21.5 Å². The molecule has 2 heterocycles. The third-order valence-corrected chi connectivity index (χ3v) is 5.21. The summed E-state index contributed by atoms with van der Waals surface area (Å²) >= 11 is 11.8. The van der Waals surface area contributed by atoms with Gasteiger partial charge in [0, 0.05) is 17.4 Å². The first-order valence-corrected chi connectivity index (χ1v) is 8.96. The minimum absolute atomic E-state index is 0.0315. The Morgan fingerprint density at radius 1 is 1.12 bits per heavy atom. The van der Waals surface area contributed by atoms with Gasteiger partial charge in [-0.2, -0.15) is 0 Å². The smallest absolute Gasteiger partial charge is 0.242 e. The van der Waals surface area contributed by atoms with Crippen LogP contribution in [0.15, 0.2) is 53.8 Å². The highest BCUT2D eigenvalue weighted by atomic mass is 35.5. The van der Waals surface area contributed by atoms with Gasteiger partial charge in [-0.25, -0.2) is 17.8 Å². The van der Waals surface area contributed by atoms with Gasteiger partial charge in [-0.3, -0.25) is 4.98 Å². The summed E-state index contributed by atoms with van der Waals surface area (Å²) < 4.78 is 28.6. The number of nitrogens with zero attached hydrogens (tertiary/aromatic N) is 4. The Hall–Kier alpha value is -2.00. The molecule has 0 radical (unpaired) electrons. The zero-order valence-electron chi connectivity index (χ0n) is 12.1. The fourth-order valence-corrected chi connectivity index (χ4v) is 3.69. The first kappa shape index (κ1) is 16.8. The number of rotatable bonds is 5. The molecule has 3 aromatic rings. The van der Waals surface area contributed by atoms with Crippen molar-refractivity contribution in [2.75, 3.05) is 0 Å². The Morgan fingerprint density at radius 2 is 1.88 bits per heavy atom. The summed E-state index contributed by atoms with van der Waals surface area (Å²) in [6.07, 6.45) is 4.87. The molecule has 1 aromatic carbocycles. The lowest BCUT2D eigenvalue weighted by Gasteiger charge is -2.07. The average molecular weight is 384 g/mol. The Bertz CT molecular complexity index is 960. The van der Waals surface area contributed by atoms with Gasteiger partial charge in [-0.1, -0.05) is 28.4 Å². The molecule has 2 aromatic heterocycles. The van der Waals surface area contributed by atoms with Crippen molar-refractivity contribution < 1.29 is 8.42 Å². The van der Waals surface area contributed by atoms with Gasteiger partial charge in [0.15, 0.2) is 0 Å². The van der Waals surface area contributed by atoms with Gasteiger partial charge in [0.2, 0.25) is 10.0 Å². The Labute approximate surface area is 148 Å². The van der Waals surface area contributed by atoms with Crippen LogP contribution in [-0.4, -0.2) is 28.4 Å². The van der Waals surface area contributed by atoms with Crippen LogP contribution in [0.2, 0.25) is 10.0 Å². The molecule has 24 heavy (non-hydrogen) atoms. The third-order valence-electron chi connectivity index (χ3n) is 3.09. The second-order valence-corrected chi connectivity index (χ2v) is 7.34. The van der Waals surface area contributed by atoms with Crippen LogP contribution in [0.25, 0.3) is 5.69 Å². The summed E-state index contributed by atoms with van der Waals surface area (Å²) in [5.74, 6) is 0. The number of hydrogen-bond acceptors (Lipinski definition) is 5. The SMILES string of the molecule is O=S(=O)(NCc1cn(-c2ccncc2)nn1)c1cc(Cl)ccc1Cl. The average Bonchev–Trinajstić information content (AvgIpc) is 3.05.